The number of phenols is 2. The number of ether oxygens (including phenoxy) is 1. The largest absolute Gasteiger partial charge is 0.504 e. The SMILES string of the molecule is CC1(C)CCc2c(O)c(O)c3ccccc3c2O1. The van der Waals surface area contributed by atoms with Gasteiger partial charge < -0.3 is 14.9 Å². The van der Waals surface area contributed by atoms with E-state index in [0.29, 0.717) is 23.1 Å². The minimum Gasteiger partial charge on any atom is -0.504 e. The summed E-state index contributed by atoms with van der Waals surface area (Å²) in [6.45, 7) is 4.07. The average Bonchev–Trinajstić information content (AvgIpc) is 2.35. The average molecular weight is 244 g/mol. The lowest BCUT2D eigenvalue weighted by atomic mass is 9.91. The van der Waals surface area contributed by atoms with Crippen LogP contribution in [0.3, 0.4) is 0 Å². The van der Waals surface area contributed by atoms with Gasteiger partial charge in [0.15, 0.2) is 11.5 Å². The predicted octanol–water partition coefficient (Wildman–Crippen LogP) is 3.35. The van der Waals surface area contributed by atoms with Crippen molar-refractivity contribution in [3.63, 3.8) is 0 Å². The number of hydrogen-bond donors (Lipinski definition) is 2. The van der Waals surface area contributed by atoms with Gasteiger partial charge in [-0.2, -0.15) is 0 Å². The van der Waals surface area contributed by atoms with Gasteiger partial charge in [-0.15, -0.1) is 0 Å². The second kappa shape index (κ2) is 3.55. The van der Waals surface area contributed by atoms with Crippen molar-refractivity contribution in [3.05, 3.63) is 29.8 Å². The van der Waals surface area contributed by atoms with Crippen LogP contribution in [0.5, 0.6) is 17.2 Å². The molecule has 3 heteroatoms. The lowest BCUT2D eigenvalue weighted by Gasteiger charge is -2.33. The highest BCUT2D eigenvalue weighted by atomic mass is 16.5. The monoisotopic (exact) mass is 244 g/mol. The quantitative estimate of drug-likeness (QED) is 0.699. The first-order valence-electron chi connectivity index (χ1n) is 6.14. The Balaban J connectivity index is 2.37. The van der Waals surface area contributed by atoms with E-state index < -0.39 is 0 Å². The van der Waals surface area contributed by atoms with Crippen LogP contribution < -0.4 is 4.74 Å². The summed E-state index contributed by atoms with van der Waals surface area (Å²) in [5.41, 5.74) is 0.477. The van der Waals surface area contributed by atoms with Gasteiger partial charge in [0.1, 0.15) is 11.4 Å². The van der Waals surface area contributed by atoms with Gasteiger partial charge in [-0.25, -0.2) is 0 Å². The van der Waals surface area contributed by atoms with Crippen LogP contribution in [0.2, 0.25) is 0 Å². The molecule has 0 spiro atoms. The third-order valence-corrected chi connectivity index (χ3v) is 3.57. The zero-order valence-corrected chi connectivity index (χ0v) is 10.5. The summed E-state index contributed by atoms with van der Waals surface area (Å²) in [5, 5.41) is 21.6. The van der Waals surface area contributed by atoms with Crippen molar-refractivity contribution in [1.82, 2.24) is 0 Å². The number of aromatic hydroxyl groups is 2. The van der Waals surface area contributed by atoms with Crippen molar-refractivity contribution in [2.75, 3.05) is 0 Å². The highest BCUT2D eigenvalue weighted by Crippen LogP contribution is 2.48. The van der Waals surface area contributed by atoms with Crippen LogP contribution in [0.4, 0.5) is 0 Å². The molecule has 0 radical (unpaired) electrons. The normalized spacial score (nSPS) is 17.2. The molecule has 0 amide bonds. The maximum absolute atomic E-state index is 10.1. The van der Waals surface area contributed by atoms with Gasteiger partial charge in [0.2, 0.25) is 0 Å². The molecule has 0 bridgehead atoms. The molecule has 1 heterocycles. The first-order valence-corrected chi connectivity index (χ1v) is 6.14. The van der Waals surface area contributed by atoms with Gasteiger partial charge in [0.05, 0.1) is 0 Å². The molecule has 0 aromatic heterocycles. The highest BCUT2D eigenvalue weighted by molar-refractivity contribution is 5.97. The summed E-state index contributed by atoms with van der Waals surface area (Å²) >= 11 is 0. The predicted molar refractivity (Wildman–Crippen MR) is 70.3 cm³/mol. The maximum atomic E-state index is 10.1. The van der Waals surface area contributed by atoms with Crippen LogP contribution in [0.1, 0.15) is 25.8 Å². The van der Waals surface area contributed by atoms with Crippen LogP contribution in [0, 0.1) is 0 Å². The van der Waals surface area contributed by atoms with E-state index in [1.54, 1.807) is 6.07 Å². The molecule has 3 nitrogen and oxygen atoms in total. The van der Waals surface area contributed by atoms with Crippen LogP contribution in [0.25, 0.3) is 10.8 Å². The summed E-state index contributed by atoms with van der Waals surface area (Å²) in [4.78, 5) is 0. The lowest BCUT2D eigenvalue weighted by Crippen LogP contribution is -2.32. The molecule has 2 aromatic carbocycles. The van der Waals surface area contributed by atoms with Crippen molar-refractivity contribution in [1.29, 1.82) is 0 Å². The molecule has 2 aromatic rings. The topological polar surface area (TPSA) is 49.7 Å². The van der Waals surface area contributed by atoms with E-state index in [1.165, 1.54) is 0 Å². The van der Waals surface area contributed by atoms with E-state index in [4.69, 9.17) is 4.74 Å². The van der Waals surface area contributed by atoms with Gasteiger partial charge in [-0.3, -0.25) is 0 Å². The molecule has 0 unspecified atom stereocenters. The molecule has 0 saturated carbocycles. The molecule has 0 aliphatic carbocycles. The van der Waals surface area contributed by atoms with Crippen molar-refractivity contribution < 1.29 is 14.9 Å². The van der Waals surface area contributed by atoms with Crippen LogP contribution in [-0.4, -0.2) is 15.8 Å². The summed E-state index contributed by atoms with van der Waals surface area (Å²) < 4.78 is 6.00. The Bertz CT molecular complexity index is 629. The highest BCUT2D eigenvalue weighted by Gasteiger charge is 2.31. The molecule has 0 fully saturated rings. The summed E-state index contributed by atoms with van der Waals surface area (Å²) in [6.07, 6.45) is 1.54. The number of phenolic OH excluding ortho intramolecular Hbond substituents is 2. The molecule has 0 saturated heterocycles. The van der Waals surface area contributed by atoms with E-state index in [0.717, 1.165) is 11.8 Å². The molecule has 1 aliphatic rings. The van der Waals surface area contributed by atoms with Crippen molar-refractivity contribution in [2.45, 2.75) is 32.3 Å². The third kappa shape index (κ3) is 1.50. The first kappa shape index (κ1) is 11.2. The lowest BCUT2D eigenvalue weighted by molar-refractivity contribution is 0.0857. The van der Waals surface area contributed by atoms with Gasteiger partial charge >= 0.3 is 0 Å². The molecule has 18 heavy (non-hydrogen) atoms. The van der Waals surface area contributed by atoms with E-state index in [9.17, 15) is 10.2 Å². The Labute approximate surface area is 106 Å². The van der Waals surface area contributed by atoms with E-state index in [1.807, 2.05) is 32.0 Å². The van der Waals surface area contributed by atoms with E-state index >= 15 is 0 Å². The minimum absolute atomic E-state index is 0.0424. The second-order valence-electron chi connectivity index (χ2n) is 5.41. The fourth-order valence-corrected chi connectivity index (χ4v) is 2.53. The fourth-order valence-electron chi connectivity index (χ4n) is 2.53. The van der Waals surface area contributed by atoms with Crippen LogP contribution in [-0.2, 0) is 6.42 Å². The van der Waals surface area contributed by atoms with Crippen molar-refractivity contribution in [3.8, 4) is 17.2 Å². The second-order valence-corrected chi connectivity index (χ2v) is 5.41. The van der Waals surface area contributed by atoms with E-state index in [2.05, 4.69) is 0 Å². The zero-order chi connectivity index (χ0) is 12.9. The summed E-state index contributed by atoms with van der Waals surface area (Å²) in [7, 11) is 0. The number of fused-ring (bicyclic) bond motifs is 3. The Kier molecular flexibility index (Phi) is 2.21. The van der Waals surface area contributed by atoms with Crippen molar-refractivity contribution >= 4 is 10.8 Å². The Morgan fingerprint density at radius 3 is 2.44 bits per heavy atom. The standard InChI is InChI=1S/C15H16O3/c1-15(2)8-7-11-13(17)12(16)9-5-3-4-6-10(9)14(11)18-15/h3-6,16-17H,7-8H2,1-2H3. The van der Waals surface area contributed by atoms with E-state index in [-0.39, 0.29) is 17.1 Å². The maximum Gasteiger partial charge on any atom is 0.166 e. The van der Waals surface area contributed by atoms with Crippen molar-refractivity contribution in [2.24, 2.45) is 0 Å². The van der Waals surface area contributed by atoms with Gasteiger partial charge in [0, 0.05) is 16.3 Å². The molecular weight excluding hydrogens is 228 g/mol. The Morgan fingerprint density at radius 2 is 1.72 bits per heavy atom. The summed E-state index contributed by atoms with van der Waals surface area (Å²) in [6, 6.07) is 7.44. The molecular formula is C15H16O3. The zero-order valence-electron chi connectivity index (χ0n) is 10.5. The number of rotatable bonds is 0. The van der Waals surface area contributed by atoms with Gasteiger partial charge in [-0.1, -0.05) is 24.3 Å². The van der Waals surface area contributed by atoms with Crippen LogP contribution in [0.15, 0.2) is 24.3 Å². The smallest absolute Gasteiger partial charge is 0.166 e. The minimum atomic E-state index is -0.237. The van der Waals surface area contributed by atoms with Crippen LogP contribution >= 0.6 is 0 Å². The Morgan fingerprint density at radius 1 is 1.06 bits per heavy atom. The molecule has 3 rings (SSSR count). The fraction of sp³-hybridized carbons (Fsp3) is 0.333. The number of benzene rings is 2. The molecule has 94 valence electrons. The molecule has 2 N–H and O–H groups in total. The summed E-state index contributed by atoms with van der Waals surface area (Å²) in [5.74, 6) is 0.615. The van der Waals surface area contributed by atoms with Gasteiger partial charge in [0.25, 0.3) is 0 Å². The molecule has 0 atom stereocenters. The Hall–Kier alpha value is -1.90. The number of hydrogen-bond acceptors (Lipinski definition) is 3. The molecule has 1 aliphatic heterocycles. The van der Waals surface area contributed by atoms with Gasteiger partial charge in [-0.05, 0) is 26.7 Å². The first-order chi connectivity index (χ1) is 8.49. The third-order valence-electron chi connectivity index (χ3n) is 3.57.